The van der Waals surface area contributed by atoms with E-state index >= 15 is 4.79 Å². The highest BCUT2D eigenvalue weighted by atomic mass is 19.3. The molecule has 4 N–H and O–H groups in total. The van der Waals surface area contributed by atoms with Gasteiger partial charge in [-0.25, -0.2) is 17.6 Å². The summed E-state index contributed by atoms with van der Waals surface area (Å²) >= 11 is 0. The molecule has 8 rings (SSSR count). The molecule has 4 saturated heterocycles. The average Bonchev–Trinajstić information content (AvgIpc) is 1.79. The number of fused-ring (bicyclic) bond motifs is 2. The molecule has 39 heteroatoms. The fraction of sp³-hybridized carbons (Fsp3) is 0.607. The van der Waals surface area contributed by atoms with Crippen molar-refractivity contribution in [2.45, 2.75) is 168 Å². The fourth-order valence-corrected chi connectivity index (χ4v) is 14.3. The Morgan fingerprint density at radius 1 is 0.398 bits per heavy atom. The number of benzene rings is 2. The van der Waals surface area contributed by atoms with Crippen molar-refractivity contribution >= 4 is 110 Å². The number of carbonyl (C=O) groups excluding carboxylic acids is 13. The van der Waals surface area contributed by atoms with Crippen LogP contribution in [-0.2, 0) is 71.7 Å². The number of ether oxygens (including phenoxy) is 4. The third-order valence-electron chi connectivity index (χ3n) is 20.1. The van der Waals surface area contributed by atoms with Gasteiger partial charge in [0.05, 0.1) is 105 Å². The van der Waals surface area contributed by atoms with Crippen molar-refractivity contribution in [2.24, 2.45) is 0 Å². The van der Waals surface area contributed by atoms with Crippen LogP contribution in [0.2, 0.25) is 0 Å². The summed E-state index contributed by atoms with van der Waals surface area (Å²) in [5.74, 6) is -15.0. The maximum Gasteiger partial charge on any atom is 0.320 e. The number of anilines is 2. The number of alkyl halides is 4. The first kappa shape index (κ1) is 97.3. The average molecular weight is 1720 g/mol. The molecule has 0 aliphatic carbocycles. The zero-order chi connectivity index (χ0) is 90.5. The summed E-state index contributed by atoms with van der Waals surface area (Å²) in [6.07, 6.45) is -0.871. The third-order valence-corrected chi connectivity index (χ3v) is 20.1. The molecule has 123 heavy (non-hydrogen) atoms. The van der Waals surface area contributed by atoms with Crippen LogP contribution in [0.25, 0.3) is 21.8 Å². The van der Waals surface area contributed by atoms with E-state index in [1.807, 2.05) is 19.6 Å². The normalized spacial score (nSPS) is 18.6. The molecule has 9 amide bonds. The highest BCUT2D eigenvalue weighted by Crippen LogP contribution is 2.34. The Hall–Kier alpha value is -11.1. The number of hydrogen-bond acceptors (Lipinski definition) is 26. The van der Waals surface area contributed by atoms with Gasteiger partial charge in [0.2, 0.25) is 41.4 Å². The Bertz CT molecular complexity index is 4570. The second-order valence-corrected chi connectivity index (χ2v) is 34.9. The second-order valence-electron chi connectivity index (χ2n) is 34.9. The summed E-state index contributed by atoms with van der Waals surface area (Å²) in [6.45, 7) is 17.4. The van der Waals surface area contributed by atoms with Crippen LogP contribution in [0.3, 0.4) is 0 Å². The van der Waals surface area contributed by atoms with Crippen molar-refractivity contribution < 1.29 is 98.8 Å². The maximum atomic E-state index is 15.5. The molecule has 0 spiro atoms. The first-order valence-corrected chi connectivity index (χ1v) is 41.0. The van der Waals surface area contributed by atoms with Gasteiger partial charge in [0, 0.05) is 166 Å². The van der Waals surface area contributed by atoms with Gasteiger partial charge in [-0.3, -0.25) is 96.8 Å². The Morgan fingerprint density at radius 3 is 0.984 bits per heavy atom. The lowest BCUT2D eigenvalue weighted by molar-refractivity contribution is -0.158. The number of nitriles is 2. The monoisotopic (exact) mass is 1720 g/mol. The van der Waals surface area contributed by atoms with E-state index in [9.17, 15) is 85.6 Å². The number of nitrogens with one attached hydrogen (secondary N) is 4. The zero-order valence-corrected chi connectivity index (χ0v) is 72.1. The molecule has 4 fully saturated rings. The van der Waals surface area contributed by atoms with Gasteiger partial charge in [-0.1, -0.05) is 24.3 Å². The predicted octanol–water partition coefficient (Wildman–Crippen LogP) is 4.29. The summed E-state index contributed by atoms with van der Waals surface area (Å²) in [7, 11) is 0. The predicted molar refractivity (Wildman–Crippen MR) is 441 cm³/mol. The van der Waals surface area contributed by atoms with Gasteiger partial charge < -0.3 is 64.7 Å². The van der Waals surface area contributed by atoms with Crippen LogP contribution < -0.4 is 21.3 Å². The van der Waals surface area contributed by atoms with Crippen LogP contribution in [-0.4, -0.2) is 346 Å². The summed E-state index contributed by atoms with van der Waals surface area (Å²) in [5.41, 5.74) is -2.88. The van der Waals surface area contributed by atoms with E-state index in [2.05, 4.69) is 31.2 Å². The Morgan fingerprint density at radius 2 is 0.683 bits per heavy atom. The highest BCUT2D eigenvalue weighted by Gasteiger charge is 2.49. The lowest BCUT2D eigenvalue weighted by Crippen LogP contribution is -2.53. The van der Waals surface area contributed by atoms with Gasteiger partial charge in [0.15, 0.2) is 0 Å². The Kier molecular flexibility index (Phi) is 33.8. The van der Waals surface area contributed by atoms with E-state index in [4.69, 9.17) is 18.9 Å². The van der Waals surface area contributed by atoms with E-state index in [0.29, 0.717) is 9.80 Å². The molecule has 4 aromatic rings. The zero-order valence-electron chi connectivity index (χ0n) is 72.1. The van der Waals surface area contributed by atoms with Crippen molar-refractivity contribution in [1.82, 2.24) is 69.6 Å². The van der Waals surface area contributed by atoms with Crippen LogP contribution in [0.15, 0.2) is 60.9 Å². The lowest BCUT2D eigenvalue weighted by Gasteiger charge is -2.36. The van der Waals surface area contributed by atoms with E-state index < -0.39 is 188 Å². The minimum absolute atomic E-state index is 0.00116. The van der Waals surface area contributed by atoms with Crippen molar-refractivity contribution in [3.05, 3.63) is 72.1 Å². The molecule has 4 aliphatic rings. The van der Waals surface area contributed by atoms with Gasteiger partial charge in [-0.2, -0.15) is 10.5 Å². The van der Waals surface area contributed by atoms with Crippen LogP contribution in [0.5, 0.6) is 0 Å². The molecular weight excluding hydrogens is 1610 g/mol. The van der Waals surface area contributed by atoms with Crippen LogP contribution in [0, 0.1) is 22.7 Å². The largest absolute Gasteiger partial charge is 0.459 e. The summed E-state index contributed by atoms with van der Waals surface area (Å²) in [5, 5.41) is 29.7. The van der Waals surface area contributed by atoms with Crippen molar-refractivity contribution in [1.29, 1.82) is 10.5 Å². The molecule has 0 bridgehead atoms. The number of likely N-dealkylation sites (tertiary alicyclic amines) is 2. The summed E-state index contributed by atoms with van der Waals surface area (Å²) in [6, 6.07) is 12.4. The minimum atomic E-state index is -3.29. The van der Waals surface area contributed by atoms with Crippen LogP contribution in [0.1, 0.15) is 142 Å². The minimum Gasteiger partial charge on any atom is -0.459 e. The molecule has 6 heterocycles. The first-order valence-electron chi connectivity index (χ1n) is 41.0. The fourth-order valence-electron chi connectivity index (χ4n) is 14.3. The van der Waals surface area contributed by atoms with Gasteiger partial charge in [0.25, 0.3) is 23.7 Å². The van der Waals surface area contributed by atoms with Crippen LogP contribution >= 0.6 is 0 Å². The van der Waals surface area contributed by atoms with Gasteiger partial charge in [-0.05, 0) is 107 Å². The Labute approximate surface area is 712 Å². The molecule has 2 aromatic carbocycles. The summed E-state index contributed by atoms with van der Waals surface area (Å²) < 4.78 is 79.9. The maximum absolute atomic E-state index is 15.5. The van der Waals surface area contributed by atoms with Crippen LogP contribution in [0.4, 0.5) is 28.9 Å². The molecule has 0 saturated carbocycles. The summed E-state index contributed by atoms with van der Waals surface area (Å²) in [4.78, 5) is 205. The van der Waals surface area contributed by atoms with Gasteiger partial charge in [0.1, 0.15) is 34.5 Å². The second kappa shape index (κ2) is 42.8. The molecule has 4 aliphatic heterocycles. The van der Waals surface area contributed by atoms with Crippen molar-refractivity contribution in [3.63, 3.8) is 0 Å². The van der Waals surface area contributed by atoms with E-state index in [1.54, 1.807) is 100 Å². The first-order chi connectivity index (χ1) is 57.6. The molecular formula is C84H114F4N18O17. The van der Waals surface area contributed by atoms with E-state index in [-0.39, 0.29) is 182 Å². The number of rotatable bonds is 24. The number of para-hydroxylation sites is 2. The SMILES string of the molecule is CC(C)(C)OC(=O)CN1CCN(CC(=O)OC(C)(C)C)CCN(CC(=O)N2CCN(CC(=O)OC(C)(C)C)CCN(C(=O)CCC(=O)Nc3cccc4c(C(=O)NCC(=O)N5CC(F)(F)C[C@H]5C#N)ccnc34)CCN(C(=O)CCC(=O)Nc3cccc4c(C(=O)NCC(=O)N5CC(F)(F)C[C@H]5C#N)ccnc34)CC2)CCN(CC(=O)OC(C)(C)C)CC1. The number of carbonyl (C=O) groups is 13. The number of esters is 4. The van der Waals surface area contributed by atoms with E-state index in [1.165, 1.54) is 75.6 Å². The number of hydrogen-bond donors (Lipinski definition) is 4. The molecule has 670 valence electrons. The standard InChI is InChI=1S/C84H114F4N18O17/c1-79(2,3)120-71(114)50-98-29-27-97(28-30-99(51-72(115)121-80(4,5)6)32-34-100(33-31-98)52-73(116)122-81(7,8)9)49-70(113)104-38-36-101(53-74(117)123-82(10,11)12)35-37-102(66(109)21-19-64(107)95-62-17-13-15-58-60(23-25-91-75(58)62)77(118)93-47-68(111)105-54-83(85,86)43-56(105)45-89)39-40-103(41-42-104)67(110)22-20-65(108)96-63-18-14-16-59-61(24-26-92-76(59)63)78(119)94-48-69(112)106-55-84(87,88)44-57(106)46-90/h13-18,23-26,56-57H,19-22,27-44,47-55H2,1-12H3,(H,93,118)(H,94,119)(H,95,107)(H,96,108)/t56-,57-/m0/s1. The number of halogens is 4. The molecule has 0 unspecified atom stereocenters. The smallest absolute Gasteiger partial charge is 0.320 e. The van der Waals surface area contributed by atoms with Crippen molar-refractivity contribution in [3.8, 4) is 12.1 Å². The number of nitrogens with zero attached hydrogens (tertiary/aromatic N) is 14. The van der Waals surface area contributed by atoms with Gasteiger partial charge in [-0.15, -0.1) is 0 Å². The van der Waals surface area contributed by atoms with E-state index in [0.717, 1.165) is 0 Å². The quantitative estimate of drug-likeness (QED) is 0.0432. The topological polar surface area (TPSA) is 413 Å². The third kappa shape index (κ3) is 31.3. The molecule has 2 atom stereocenters. The Balaban J connectivity index is 1.05. The van der Waals surface area contributed by atoms with Gasteiger partial charge >= 0.3 is 23.9 Å². The number of aromatic nitrogens is 2. The highest BCUT2D eigenvalue weighted by molar-refractivity contribution is 6.12. The number of amides is 9. The number of pyridine rings is 2. The lowest BCUT2D eigenvalue weighted by atomic mass is 10.1. The van der Waals surface area contributed by atoms with Crippen molar-refractivity contribution in [2.75, 3.05) is 174 Å². The molecule has 35 nitrogen and oxygen atoms in total. The molecule has 2 aromatic heterocycles. The molecule has 0 radical (unpaired) electrons.